The van der Waals surface area contributed by atoms with Gasteiger partial charge >= 0.3 is 6.03 Å². The molecule has 1 atom stereocenters. The van der Waals surface area contributed by atoms with Crippen molar-refractivity contribution in [2.24, 2.45) is 0 Å². The minimum atomic E-state index is -0.666. The van der Waals surface area contributed by atoms with Gasteiger partial charge in [0, 0.05) is 10.5 Å². The van der Waals surface area contributed by atoms with Crippen molar-refractivity contribution >= 4 is 51.1 Å². The summed E-state index contributed by atoms with van der Waals surface area (Å²) in [7, 11) is 0. The number of carbonyl (C=O) groups excluding carboxylic acids is 2. The van der Waals surface area contributed by atoms with Crippen LogP contribution in [-0.4, -0.2) is 30.8 Å². The number of nitrogens with one attached hydrogen (secondary N) is 1. The van der Waals surface area contributed by atoms with Crippen LogP contribution >= 0.6 is 15.9 Å². The second kappa shape index (κ2) is 6.00. The van der Waals surface area contributed by atoms with Crippen molar-refractivity contribution in [2.75, 3.05) is 16.4 Å². The number of imide groups is 1. The Morgan fingerprint density at radius 2 is 1.92 bits per heavy atom. The number of hydrogen-bond acceptors (Lipinski definition) is 3. The van der Waals surface area contributed by atoms with Gasteiger partial charge in [-0.3, -0.25) is 9.69 Å². The van der Waals surface area contributed by atoms with Gasteiger partial charge in [0.05, 0.1) is 12.3 Å². The molecule has 6 nitrogen and oxygen atoms in total. The molecule has 0 saturated carbocycles. The first-order valence-electron chi connectivity index (χ1n) is 7.89. The van der Waals surface area contributed by atoms with Gasteiger partial charge in [0.15, 0.2) is 12.3 Å². The molecule has 2 aromatic rings. The lowest BCUT2D eigenvalue weighted by Gasteiger charge is -2.21. The minimum Gasteiger partial charge on any atom is -0.494 e. The van der Waals surface area contributed by atoms with Gasteiger partial charge in [-0.15, -0.1) is 0 Å². The lowest BCUT2D eigenvalue weighted by Crippen LogP contribution is -2.69. The van der Waals surface area contributed by atoms with Crippen molar-refractivity contribution in [1.29, 1.82) is 0 Å². The van der Waals surface area contributed by atoms with Crippen LogP contribution in [0.15, 0.2) is 46.9 Å². The van der Waals surface area contributed by atoms with Gasteiger partial charge in [-0.25, -0.2) is 14.7 Å². The summed E-state index contributed by atoms with van der Waals surface area (Å²) in [5, 5.41) is 0. The number of fused-ring (bicyclic) bond motifs is 3. The Morgan fingerprint density at radius 3 is 2.64 bits per heavy atom. The van der Waals surface area contributed by atoms with Crippen LogP contribution in [0.4, 0.5) is 21.9 Å². The third-order valence-electron chi connectivity index (χ3n) is 4.17. The number of nitrogens with zero attached hydrogens (tertiary/aromatic N) is 2. The summed E-state index contributed by atoms with van der Waals surface area (Å²) >= 11 is 3.42. The molecule has 1 unspecified atom stereocenters. The van der Waals surface area contributed by atoms with Gasteiger partial charge in [0.2, 0.25) is 5.69 Å². The predicted molar refractivity (Wildman–Crippen MR) is 97.6 cm³/mol. The molecule has 0 spiro atoms. The fourth-order valence-corrected chi connectivity index (χ4v) is 3.40. The average molecular weight is 401 g/mol. The first-order valence-corrected chi connectivity index (χ1v) is 8.69. The molecule has 126 valence electrons. The molecule has 1 N–H and O–H groups in total. The summed E-state index contributed by atoms with van der Waals surface area (Å²) in [6.45, 7) is 2.46. The van der Waals surface area contributed by atoms with E-state index in [0.717, 1.165) is 10.2 Å². The molecule has 4 rings (SSSR count). The van der Waals surface area contributed by atoms with Crippen LogP contribution in [0.1, 0.15) is 6.92 Å². The van der Waals surface area contributed by atoms with Gasteiger partial charge in [0.1, 0.15) is 11.4 Å². The molecule has 2 heterocycles. The van der Waals surface area contributed by atoms with Crippen LogP contribution < -0.4 is 19.5 Å². The lowest BCUT2D eigenvalue weighted by molar-refractivity contribution is -0.350. The fraction of sp³-hybridized carbons (Fsp3) is 0.167. The van der Waals surface area contributed by atoms with Crippen LogP contribution in [0, 0.1) is 0 Å². The molecule has 2 aliphatic rings. The molecule has 3 amide bonds. The van der Waals surface area contributed by atoms with Gasteiger partial charge < -0.3 is 4.74 Å². The van der Waals surface area contributed by atoms with Gasteiger partial charge in [-0.2, -0.15) is 0 Å². The van der Waals surface area contributed by atoms with Gasteiger partial charge in [-0.1, -0.05) is 15.9 Å². The molecular formula is C18H15BrN3O3+. The van der Waals surface area contributed by atoms with Crippen molar-refractivity contribution in [2.45, 2.75) is 13.0 Å². The normalized spacial score (nSPS) is 18.4. The average Bonchev–Trinajstić information content (AvgIpc) is 2.87. The Hall–Kier alpha value is -2.67. The molecule has 0 aromatic heterocycles. The Morgan fingerprint density at radius 1 is 1.16 bits per heavy atom. The summed E-state index contributed by atoms with van der Waals surface area (Å²) in [6.07, 6.45) is 1.64. The third-order valence-corrected chi connectivity index (χ3v) is 4.66. The first-order chi connectivity index (χ1) is 12.1. The van der Waals surface area contributed by atoms with E-state index in [2.05, 4.69) is 20.9 Å². The number of benzene rings is 2. The van der Waals surface area contributed by atoms with Crippen molar-refractivity contribution in [1.82, 2.24) is 0 Å². The molecule has 7 heteroatoms. The van der Waals surface area contributed by atoms with Crippen LogP contribution in [0.5, 0.6) is 5.75 Å². The predicted octanol–water partition coefficient (Wildman–Crippen LogP) is 1.99. The topological polar surface area (TPSA) is 63.8 Å². The number of carbonyl (C=O) groups is 2. The second-order valence-corrected chi connectivity index (χ2v) is 6.59. The van der Waals surface area contributed by atoms with E-state index in [1.807, 2.05) is 25.1 Å². The molecule has 0 radical (unpaired) electrons. The highest BCUT2D eigenvalue weighted by atomic mass is 79.9. The molecule has 2 aliphatic heterocycles. The monoisotopic (exact) mass is 400 g/mol. The Labute approximate surface area is 152 Å². The van der Waals surface area contributed by atoms with E-state index in [1.165, 1.54) is 9.80 Å². The fourth-order valence-electron chi connectivity index (χ4n) is 3.05. The van der Waals surface area contributed by atoms with Crippen LogP contribution in [0.3, 0.4) is 0 Å². The van der Waals surface area contributed by atoms with Crippen molar-refractivity contribution in [3.63, 3.8) is 0 Å². The standard InChI is InChI=1S/C18H14BrN3O3/c1-2-25-13-6-4-12(5-7-13)21-17(23)16-10-20-14-8-3-11(19)9-15(14)22(16)18(21)24/h3-10,16H,2H2,1H3/p+1. The Balaban J connectivity index is 1.72. The smallest absolute Gasteiger partial charge is 0.337 e. The molecule has 1 saturated heterocycles. The maximum Gasteiger partial charge on any atom is 0.337 e. The number of amides is 3. The number of urea groups is 1. The number of halogens is 1. The summed E-state index contributed by atoms with van der Waals surface area (Å²) in [4.78, 5) is 31.6. The van der Waals surface area contributed by atoms with Crippen LogP contribution in [-0.2, 0) is 4.79 Å². The quantitative estimate of drug-likeness (QED) is 0.801. The van der Waals surface area contributed by atoms with E-state index in [0.29, 0.717) is 23.7 Å². The molecule has 0 aliphatic carbocycles. The highest BCUT2D eigenvalue weighted by Gasteiger charge is 2.50. The molecule has 1 fully saturated rings. The Kier molecular flexibility index (Phi) is 3.80. The minimum absolute atomic E-state index is 0.285. The van der Waals surface area contributed by atoms with Crippen molar-refractivity contribution in [3.8, 4) is 5.75 Å². The van der Waals surface area contributed by atoms with Gasteiger partial charge in [0.25, 0.3) is 5.91 Å². The van der Waals surface area contributed by atoms with Gasteiger partial charge in [-0.05, 0) is 43.3 Å². The summed E-state index contributed by atoms with van der Waals surface area (Å²) in [6, 6.07) is 11.5. The van der Waals surface area contributed by atoms with Crippen LogP contribution in [0.25, 0.3) is 0 Å². The van der Waals surface area contributed by atoms with E-state index in [4.69, 9.17) is 4.74 Å². The maximum atomic E-state index is 13.0. The van der Waals surface area contributed by atoms with Crippen LogP contribution in [0.2, 0.25) is 0 Å². The lowest BCUT2D eigenvalue weighted by atomic mass is 10.1. The zero-order chi connectivity index (χ0) is 17.6. The molecule has 25 heavy (non-hydrogen) atoms. The van der Waals surface area contributed by atoms with Crippen molar-refractivity contribution in [3.05, 3.63) is 46.9 Å². The number of hydrogen-bond donors (Lipinski definition) is 1. The zero-order valence-electron chi connectivity index (χ0n) is 13.4. The number of rotatable bonds is 3. The largest absolute Gasteiger partial charge is 0.494 e. The summed E-state index contributed by atoms with van der Waals surface area (Å²) in [5.74, 6) is 0.415. The van der Waals surface area contributed by atoms with E-state index in [-0.39, 0.29) is 11.9 Å². The number of anilines is 2. The first kappa shape index (κ1) is 15.8. The molecule has 0 bridgehead atoms. The van der Waals surface area contributed by atoms with Crippen molar-refractivity contribution < 1.29 is 19.3 Å². The summed E-state index contributed by atoms with van der Waals surface area (Å²) in [5.41, 5.74) is 1.99. The third kappa shape index (κ3) is 2.51. The summed E-state index contributed by atoms with van der Waals surface area (Å²) < 4.78 is 6.25. The second-order valence-electron chi connectivity index (χ2n) is 5.67. The maximum absolute atomic E-state index is 13.0. The van der Waals surface area contributed by atoms with E-state index in [1.54, 1.807) is 30.5 Å². The Bertz CT molecular complexity index is 895. The zero-order valence-corrected chi connectivity index (χ0v) is 15.0. The van der Waals surface area contributed by atoms with E-state index < -0.39 is 6.04 Å². The SMILES string of the molecule is CCOc1ccc(N2C(=O)C3C=[NH+]c4ccc(Br)cc4N3C2=O)cc1. The van der Waals surface area contributed by atoms with E-state index >= 15 is 0 Å². The highest BCUT2D eigenvalue weighted by Crippen LogP contribution is 2.35. The molecular weight excluding hydrogens is 386 g/mol. The highest BCUT2D eigenvalue weighted by molar-refractivity contribution is 9.10. The number of ether oxygens (including phenoxy) is 1. The molecule has 2 aromatic carbocycles. The van der Waals surface area contributed by atoms with E-state index in [9.17, 15) is 9.59 Å².